The van der Waals surface area contributed by atoms with Gasteiger partial charge in [0.15, 0.2) is 11.5 Å². The predicted molar refractivity (Wildman–Crippen MR) is 121 cm³/mol. The molecule has 32 heavy (non-hydrogen) atoms. The minimum absolute atomic E-state index is 0. The largest absolute Gasteiger partial charge is 0.493 e. The third-order valence-electron chi connectivity index (χ3n) is 5.08. The van der Waals surface area contributed by atoms with Crippen molar-refractivity contribution in [2.75, 3.05) is 51.9 Å². The molecule has 4 rings (SSSR count). The number of nitrogens with one attached hydrogen (secondary N) is 1. The Labute approximate surface area is 189 Å². The summed E-state index contributed by atoms with van der Waals surface area (Å²) in [5.74, 6) is 1.31. The van der Waals surface area contributed by atoms with Crippen LogP contribution in [-0.2, 0) is 4.74 Å². The van der Waals surface area contributed by atoms with E-state index in [0.717, 1.165) is 44.7 Å². The van der Waals surface area contributed by atoms with Gasteiger partial charge in [0, 0.05) is 36.8 Å². The third-order valence-corrected chi connectivity index (χ3v) is 5.37. The Hall–Kier alpha value is -2.75. The van der Waals surface area contributed by atoms with Crippen LogP contribution >= 0.6 is 11.6 Å². The molecule has 172 valence electrons. The number of ether oxygens (including phenoxy) is 3. The molecule has 1 fully saturated rings. The Balaban J connectivity index is 0.00000289. The Kier molecular flexibility index (Phi) is 8.38. The van der Waals surface area contributed by atoms with Crippen LogP contribution in [0.5, 0.6) is 11.5 Å². The predicted octanol–water partition coefficient (Wildman–Crippen LogP) is 4.43. The lowest BCUT2D eigenvalue weighted by Gasteiger charge is -2.26. The summed E-state index contributed by atoms with van der Waals surface area (Å²) >= 11 is 5.90. The fourth-order valence-electron chi connectivity index (χ4n) is 3.44. The van der Waals surface area contributed by atoms with Crippen LogP contribution in [0.2, 0.25) is 5.02 Å². The van der Waals surface area contributed by atoms with Crippen LogP contribution in [0, 0.1) is 5.82 Å². The molecule has 0 saturated carbocycles. The van der Waals surface area contributed by atoms with Crippen LogP contribution < -0.4 is 14.8 Å². The average molecular weight is 467 g/mol. The molecule has 7 nitrogen and oxygen atoms in total. The van der Waals surface area contributed by atoms with E-state index in [0.29, 0.717) is 35.1 Å². The molecule has 2 aromatic carbocycles. The highest BCUT2D eigenvalue weighted by Crippen LogP contribution is 2.35. The molecule has 1 N–H and O–H groups in total. The van der Waals surface area contributed by atoms with Crippen molar-refractivity contribution in [1.82, 2.24) is 14.9 Å². The number of aromatic nitrogens is 2. The van der Waals surface area contributed by atoms with E-state index in [2.05, 4.69) is 20.2 Å². The molecule has 0 spiro atoms. The van der Waals surface area contributed by atoms with Crippen LogP contribution in [0.4, 0.5) is 20.6 Å². The Morgan fingerprint density at radius 1 is 1.16 bits per heavy atom. The van der Waals surface area contributed by atoms with E-state index in [1.54, 1.807) is 13.2 Å². The molecule has 2 heterocycles. The summed E-state index contributed by atoms with van der Waals surface area (Å²) in [7, 11) is 1.60. The van der Waals surface area contributed by atoms with Gasteiger partial charge >= 0.3 is 0 Å². The maximum Gasteiger partial charge on any atom is 0.162 e. The number of methoxy groups -OCH3 is 1. The first kappa shape index (κ1) is 23.9. The minimum atomic E-state index is -0.475. The molecule has 0 aliphatic carbocycles. The smallest absolute Gasteiger partial charge is 0.162 e. The number of morpholine rings is 1. The van der Waals surface area contributed by atoms with Crippen molar-refractivity contribution in [2.45, 2.75) is 6.42 Å². The summed E-state index contributed by atoms with van der Waals surface area (Å²) in [6, 6.07) is 8.09. The van der Waals surface area contributed by atoms with Crippen LogP contribution in [0.15, 0.2) is 36.7 Å². The zero-order valence-corrected chi connectivity index (χ0v) is 18.4. The van der Waals surface area contributed by atoms with Crippen molar-refractivity contribution in [3.8, 4) is 11.5 Å². The number of hydrogen-bond donors (Lipinski definition) is 1. The molecule has 10 heteroatoms. The number of anilines is 2. The van der Waals surface area contributed by atoms with Gasteiger partial charge < -0.3 is 19.5 Å². The van der Waals surface area contributed by atoms with E-state index < -0.39 is 5.82 Å². The SMILES string of the molecule is COc1cc2ncnc(Nc3ccc(F)c(Cl)c3)c2cc1OCCCN1CCOCC1.F. The van der Waals surface area contributed by atoms with Gasteiger partial charge in [0.2, 0.25) is 0 Å². The molecule has 0 radical (unpaired) electrons. The van der Waals surface area contributed by atoms with Crippen LogP contribution in [0.1, 0.15) is 6.42 Å². The molecule has 0 amide bonds. The van der Waals surface area contributed by atoms with Crippen molar-refractivity contribution in [3.05, 3.63) is 47.5 Å². The summed E-state index contributed by atoms with van der Waals surface area (Å²) < 4.78 is 30.4. The van der Waals surface area contributed by atoms with Crippen LogP contribution in [-0.4, -0.2) is 61.4 Å². The van der Waals surface area contributed by atoms with E-state index in [1.165, 1.54) is 18.5 Å². The number of benzene rings is 2. The fourth-order valence-corrected chi connectivity index (χ4v) is 3.62. The van der Waals surface area contributed by atoms with Gasteiger partial charge in [-0.3, -0.25) is 9.60 Å². The van der Waals surface area contributed by atoms with Gasteiger partial charge in [-0.15, -0.1) is 0 Å². The third kappa shape index (κ3) is 5.73. The van der Waals surface area contributed by atoms with Crippen molar-refractivity contribution in [2.24, 2.45) is 0 Å². The molecule has 0 unspecified atom stereocenters. The Bertz CT molecular complexity index is 1050. The first-order valence-corrected chi connectivity index (χ1v) is 10.5. The lowest BCUT2D eigenvalue weighted by Crippen LogP contribution is -2.37. The van der Waals surface area contributed by atoms with Crippen molar-refractivity contribution in [3.63, 3.8) is 0 Å². The zero-order chi connectivity index (χ0) is 21.6. The van der Waals surface area contributed by atoms with E-state index in [9.17, 15) is 4.39 Å². The first-order chi connectivity index (χ1) is 15.1. The topological polar surface area (TPSA) is 68.7 Å². The second-order valence-electron chi connectivity index (χ2n) is 7.15. The van der Waals surface area contributed by atoms with Gasteiger partial charge in [0.1, 0.15) is 18.0 Å². The molecule has 1 aromatic heterocycles. The van der Waals surface area contributed by atoms with E-state index in [4.69, 9.17) is 25.8 Å². The van der Waals surface area contributed by atoms with E-state index in [-0.39, 0.29) is 9.73 Å². The summed E-state index contributed by atoms with van der Waals surface area (Å²) in [6.45, 7) is 5.00. The molecule has 3 aromatic rings. The van der Waals surface area contributed by atoms with Gasteiger partial charge in [0.25, 0.3) is 0 Å². The van der Waals surface area contributed by atoms with Crippen molar-refractivity contribution in [1.29, 1.82) is 0 Å². The monoisotopic (exact) mass is 466 g/mol. The second-order valence-corrected chi connectivity index (χ2v) is 7.56. The Morgan fingerprint density at radius 2 is 1.97 bits per heavy atom. The molecular weight excluding hydrogens is 442 g/mol. The number of fused-ring (bicyclic) bond motifs is 1. The van der Waals surface area contributed by atoms with Gasteiger partial charge in [-0.2, -0.15) is 0 Å². The number of rotatable bonds is 8. The average Bonchev–Trinajstić information content (AvgIpc) is 2.79. The quantitative estimate of drug-likeness (QED) is 0.492. The lowest BCUT2D eigenvalue weighted by atomic mass is 10.2. The van der Waals surface area contributed by atoms with Gasteiger partial charge in [-0.05, 0) is 30.7 Å². The van der Waals surface area contributed by atoms with Crippen LogP contribution in [0.25, 0.3) is 10.9 Å². The molecule has 0 bridgehead atoms. The number of nitrogens with zero attached hydrogens (tertiary/aromatic N) is 3. The second kappa shape index (κ2) is 11.2. The molecule has 1 aliphatic heterocycles. The van der Waals surface area contributed by atoms with Crippen molar-refractivity contribution < 1.29 is 23.3 Å². The van der Waals surface area contributed by atoms with Gasteiger partial charge in [-0.25, -0.2) is 14.4 Å². The van der Waals surface area contributed by atoms with E-state index in [1.807, 2.05) is 12.1 Å². The highest BCUT2D eigenvalue weighted by atomic mass is 35.5. The fraction of sp³-hybridized carbons (Fsp3) is 0.364. The normalized spacial score (nSPS) is 14.1. The van der Waals surface area contributed by atoms with Gasteiger partial charge in [0.05, 0.1) is 37.5 Å². The number of hydrogen-bond acceptors (Lipinski definition) is 7. The lowest BCUT2D eigenvalue weighted by molar-refractivity contribution is 0.0357. The maximum atomic E-state index is 13.5. The highest BCUT2D eigenvalue weighted by molar-refractivity contribution is 6.31. The first-order valence-electron chi connectivity index (χ1n) is 10.1. The summed E-state index contributed by atoms with van der Waals surface area (Å²) in [5, 5.41) is 3.97. The molecule has 1 aliphatic rings. The zero-order valence-electron chi connectivity index (χ0n) is 17.6. The minimum Gasteiger partial charge on any atom is -0.493 e. The van der Waals surface area contributed by atoms with Gasteiger partial charge in [-0.1, -0.05) is 11.6 Å². The maximum absolute atomic E-state index is 13.5. The Morgan fingerprint density at radius 3 is 2.72 bits per heavy atom. The van der Waals surface area contributed by atoms with E-state index >= 15 is 0 Å². The summed E-state index contributed by atoms with van der Waals surface area (Å²) in [5.41, 5.74) is 1.32. The molecule has 0 atom stereocenters. The highest BCUT2D eigenvalue weighted by Gasteiger charge is 2.14. The summed E-state index contributed by atoms with van der Waals surface area (Å²) in [6.07, 6.45) is 2.35. The molecular formula is C22H25ClF2N4O3. The molecule has 1 saturated heterocycles. The van der Waals surface area contributed by atoms with Crippen molar-refractivity contribution >= 4 is 34.0 Å². The van der Waals surface area contributed by atoms with Crippen LogP contribution in [0.3, 0.4) is 0 Å². The summed E-state index contributed by atoms with van der Waals surface area (Å²) in [4.78, 5) is 11.0. The standard InChI is InChI=1S/C22H24ClFN4O3.FH/c1-29-20-13-19-16(12-21(20)31-8-2-5-28-6-9-30-10-7-28)22(26-14-25-19)27-15-3-4-18(24)17(23)11-15;/h3-4,11-14H,2,5-10H2,1H3,(H,25,26,27);1H. The number of halogens is 3.